The third-order valence-electron chi connectivity index (χ3n) is 7.22. The molecule has 0 spiro atoms. The standard InChI is InChI=1S/C28H41N3O7/c1-5-37-16-24(32)29-18(2)26(34)31-23(15-20-10-12-21(36-4)13-11-20)27(35)30-22(14-19-8-6-7-9-19)25(33)28(3)17-38-28/h10-13,18-19,22-23H,5-9,14-17H2,1-4H3,(H,29,32)(H,30,35)(H,31,34). The zero-order valence-electron chi connectivity index (χ0n) is 22.8. The molecule has 1 aliphatic carbocycles. The van der Waals surface area contributed by atoms with Crippen LogP contribution in [0.15, 0.2) is 24.3 Å². The number of amides is 3. The van der Waals surface area contributed by atoms with Gasteiger partial charge in [-0.05, 0) is 50.8 Å². The lowest BCUT2D eigenvalue weighted by molar-refractivity contribution is -0.134. The third-order valence-corrected chi connectivity index (χ3v) is 7.22. The van der Waals surface area contributed by atoms with Crippen LogP contribution in [0.1, 0.15) is 58.4 Å². The minimum Gasteiger partial charge on any atom is -0.497 e. The third kappa shape index (κ3) is 8.52. The number of epoxide rings is 1. The van der Waals surface area contributed by atoms with Crippen LogP contribution in [0.2, 0.25) is 0 Å². The van der Waals surface area contributed by atoms with Gasteiger partial charge in [-0.2, -0.15) is 0 Å². The molecule has 0 radical (unpaired) electrons. The maximum Gasteiger partial charge on any atom is 0.246 e. The molecule has 3 N–H and O–H groups in total. The van der Waals surface area contributed by atoms with E-state index in [0.29, 0.717) is 31.3 Å². The van der Waals surface area contributed by atoms with Crippen LogP contribution in [-0.4, -0.2) is 74.2 Å². The van der Waals surface area contributed by atoms with Crippen LogP contribution in [0.4, 0.5) is 0 Å². The Hall–Kier alpha value is -2.98. The molecule has 1 aromatic carbocycles. The van der Waals surface area contributed by atoms with Crippen LogP contribution in [0, 0.1) is 5.92 Å². The molecular formula is C28H41N3O7. The minimum absolute atomic E-state index is 0.135. The van der Waals surface area contributed by atoms with E-state index in [2.05, 4.69) is 16.0 Å². The van der Waals surface area contributed by atoms with Gasteiger partial charge in [0.25, 0.3) is 0 Å². The fraction of sp³-hybridized carbons (Fsp3) is 0.643. The van der Waals surface area contributed by atoms with Crippen LogP contribution in [0.5, 0.6) is 5.75 Å². The smallest absolute Gasteiger partial charge is 0.246 e. The molecule has 1 saturated heterocycles. The highest BCUT2D eigenvalue weighted by Gasteiger charge is 2.50. The fourth-order valence-corrected chi connectivity index (χ4v) is 4.75. The maximum atomic E-state index is 13.6. The summed E-state index contributed by atoms with van der Waals surface area (Å²) in [5.74, 6) is -0.497. The average Bonchev–Trinajstić information content (AvgIpc) is 3.45. The van der Waals surface area contributed by atoms with Crippen molar-refractivity contribution >= 4 is 23.5 Å². The van der Waals surface area contributed by atoms with Gasteiger partial charge in [0, 0.05) is 13.0 Å². The largest absolute Gasteiger partial charge is 0.497 e. The summed E-state index contributed by atoms with van der Waals surface area (Å²) in [6.45, 7) is 5.62. The molecule has 0 bridgehead atoms. The van der Waals surface area contributed by atoms with Gasteiger partial charge in [-0.1, -0.05) is 37.8 Å². The number of carbonyl (C=O) groups is 4. The molecule has 210 valence electrons. The van der Waals surface area contributed by atoms with E-state index in [1.165, 1.54) is 0 Å². The van der Waals surface area contributed by atoms with E-state index in [4.69, 9.17) is 14.2 Å². The average molecular weight is 532 g/mol. The Bertz CT molecular complexity index is 971. The molecule has 4 atom stereocenters. The lowest BCUT2D eigenvalue weighted by atomic mass is 9.90. The van der Waals surface area contributed by atoms with Crippen LogP contribution < -0.4 is 20.7 Å². The van der Waals surface area contributed by atoms with Crippen molar-refractivity contribution in [2.45, 2.75) is 83.0 Å². The molecule has 1 aliphatic heterocycles. The van der Waals surface area contributed by atoms with E-state index in [1.807, 2.05) is 12.1 Å². The first-order chi connectivity index (χ1) is 18.1. The molecule has 1 saturated carbocycles. The van der Waals surface area contributed by atoms with E-state index in [-0.39, 0.29) is 18.8 Å². The first-order valence-electron chi connectivity index (χ1n) is 13.4. The Morgan fingerprint density at radius 1 is 1.03 bits per heavy atom. The molecule has 4 unspecified atom stereocenters. The summed E-state index contributed by atoms with van der Waals surface area (Å²) in [6, 6.07) is 4.65. The van der Waals surface area contributed by atoms with E-state index in [1.54, 1.807) is 40.0 Å². The highest BCUT2D eigenvalue weighted by Crippen LogP contribution is 2.33. The van der Waals surface area contributed by atoms with Gasteiger partial charge in [0.05, 0.1) is 19.8 Å². The van der Waals surface area contributed by atoms with Gasteiger partial charge in [-0.3, -0.25) is 19.2 Å². The summed E-state index contributed by atoms with van der Waals surface area (Å²) in [5, 5.41) is 8.28. The quantitative estimate of drug-likeness (QED) is 0.293. The Balaban J connectivity index is 1.74. The molecule has 1 heterocycles. The number of carbonyl (C=O) groups excluding carboxylic acids is 4. The van der Waals surface area contributed by atoms with Crippen molar-refractivity contribution in [1.82, 2.24) is 16.0 Å². The number of benzene rings is 1. The molecule has 0 aromatic heterocycles. The molecule has 2 aliphatic rings. The van der Waals surface area contributed by atoms with Crippen LogP contribution in [-0.2, 0) is 35.1 Å². The zero-order chi connectivity index (χ0) is 27.7. The van der Waals surface area contributed by atoms with Crippen molar-refractivity contribution < 1.29 is 33.4 Å². The number of hydrogen-bond acceptors (Lipinski definition) is 7. The molecular weight excluding hydrogens is 490 g/mol. The van der Waals surface area contributed by atoms with Crippen LogP contribution >= 0.6 is 0 Å². The lowest BCUT2D eigenvalue weighted by Crippen LogP contribution is -2.57. The van der Waals surface area contributed by atoms with Crippen molar-refractivity contribution in [3.63, 3.8) is 0 Å². The summed E-state index contributed by atoms with van der Waals surface area (Å²) in [4.78, 5) is 51.8. The van der Waals surface area contributed by atoms with E-state index in [0.717, 1.165) is 31.2 Å². The van der Waals surface area contributed by atoms with Crippen molar-refractivity contribution in [2.24, 2.45) is 5.92 Å². The second-order valence-corrected chi connectivity index (χ2v) is 10.4. The second-order valence-electron chi connectivity index (χ2n) is 10.4. The SMILES string of the molecule is CCOCC(=O)NC(C)C(=O)NC(Cc1ccc(OC)cc1)C(=O)NC(CC1CCCC1)C(=O)C1(C)CO1. The van der Waals surface area contributed by atoms with Gasteiger partial charge >= 0.3 is 0 Å². The molecule has 1 aromatic rings. The zero-order valence-corrected chi connectivity index (χ0v) is 22.8. The number of methoxy groups -OCH3 is 1. The van der Waals surface area contributed by atoms with E-state index >= 15 is 0 Å². The van der Waals surface area contributed by atoms with Crippen molar-refractivity contribution in [2.75, 3.05) is 26.9 Å². The summed E-state index contributed by atoms with van der Waals surface area (Å²) < 4.78 is 15.7. The number of rotatable bonds is 15. The predicted octanol–water partition coefficient (Wildman–Crippen LogP) is 1.69. The summed E-state index contributed by atoms with van der Waals surface area (Å²) >= 11 is 0. The number of ether oxygens (including phenoxy) is 3. The Labute approximate surface area is 224 Å². The van der Waals surface area contributed by atoms with Gasteiger partial charge in [-0.25, -0.2) is 0 Å². The summed E-state index contributed by atoms with van der Waals surface area (Å²) in [7, 11) is 1.57. The van der Waals surface area contributed by atoms with Gasteiger partial charge in [-0.15, -0.1) is 0 Å². The maximum absolute atomic E-state index is 13.6. The molecule has 10 heteroatoms. The van der Waals surface area contributed by atoms with Crippen LogP contribution in [0.25, 0.3) is 0 Å². The van der Waals surface area contributed by atoms with Crippen molar-refractivity contribution in [1.29, 1.82) is 0 Å². The lowest BCUT2D eigenvalue weighted by Gasteiger charge is -2.26. The fourth-order valence-electron chi connectivity index (χ4n) is 4.75. The van der Waals surface area contributed by atoms with Gasteiger partial charge < -0.3 is 30.2 Å². The Morgan fingerprint density at radius 3 is 2.24 bits per heavy atom. The number of Topliss-reactive ketones (excluding diaryl/α,β-unsaturated/α-hetero) is 1. The number of nitrogens with one attached hydrogen (secondary N) is 3. The molecule has 3 rings (SSSR count). The predicted molar refractivity (Wildman–Crippen MR) is 141 cm³/mol. The Kier molecular flexibility index (Phi) is 10.7. The monoisotopic (exact) mass is 531 g/mol. The first kappa shape index (κ1) is 29.6. The summed E-state index contributed by atoms with van der Waals surface area (Å²) in [6.07, 6.45) is 5.05. The summed E-state index contributed by atoms with van der Waals surface area (Å²) in [5.41, 5.74) is -0.0691. The van der Waals surface area contributed by atoms with Crippen LogP contribution in [0.3, 0.4) is 0 Å². The van der Waals surface area contributed by atoms with Crippen molar-refractivity contribution in [3.8, 4) is 5.75 Å². The van der Waals surface area contributed by atoms with E-state index in [9.17, 15) is 19.2 Å². The van der Waals surface area contributed by atoms with Gasteiger partial charge in [0.15, 0.2) is 5.78 Å². The first-order valence-corrected chi connectivity index (χ1v) is 13.4. The van der Waals surface area contributed by atoms with Gasteiger partial charge in [0.2, 0.25) is 17.7 Å². The second kappa shape index (κ2) is 13.7. The number of ketones is 1. The van der Waals surface area contributed by atoms with E-state index < -0.39 is 41.4 Å². The molecule has 3 amide bonds. The van der Waals surface area contributed by atoms with Crippen molar-refractivity contribution in [3.05, 3.63) is 29.8 Å². The molecule has 2 fully saturated rings. The Morgan fingerprint density at radius 2 is 1.66 bits per heavy atom. The minimum atomic E-state index is -0.964. The highest BCUT2D eigenvalue weighted by molar-refractivity contribution is 5.98. The topological polar surface area (TPSA) is 135 Å². The van der Waals surface area contributed by atoms with Gasteiger partial charge in [0.1, 0.15) is 30.0 Å². The molecule has 38 heavy (non-hydrogen) atoms. The molecule has 10 nitrogen and oxygen atoms in total. The highest BCUT2D eigenvalue weighted by atomic mass is 16.6. The normalized spacial score (nSPS) is 21.2. The number of hydrogen-bond donors (Lipinski definition) is 3.